The minimum atomic E-state index is -1.36. The van der Waals surface area contributed by atoms with Crippen molar-refractivity contribution >= 4 is 5.97 Å². The number of carbonyl (C=O) groups excluding carboxylic acids is 1. The van der Waals surface area contributed by atoms with Crippen molar-refractivity contribution in [1.82, 2.24) is 0 Å². The van der Waals surface area contributed by atoms with Gasteiger partial charge in [0.25, 0.3) is 0 Å². The number of hydrogen-bond donors (Lipinski definition) is 3. The lowest BCUT2D eigenvalue weighted by Gasteiger charge is -2.40. The van der Waals surface area contributed by atoms with Crippen LogP contribution in [-0.4, -0.2) is 65.7 Å². The molecule has 0 bridgehead atoms. The molecular formula is C19H36O7. The molecule has 3 N–H and O–H groups in total. The van der Waals surface area contributed by atoms with Gasteiger partial charge in [0.1, 0.15) is 18.3 Å². The molecule has 1 fully saturated rings. The monoisotopic (exact) mass is 376 g/mol. The van der Waals surface area contributed by atoms with Crippen LogP contribution in [-0.2, 0) is 19.0 Å². The fourth-order valence-corrected chi connectivity index (χ4v) is 3.16. The van der Waals surface area contributed by atoms with Crippen molar-refractivity contribution in [2.24, 2.45) is 0 Å². The van der Waals surface area contributed by atoms with Crippen molar-refractivity contribution in [1.29, 1.82) is 0 Å². The highest BCUT2D eigenvalue weighted by atomic mass is 16.7. The van der Waals surface area contributed by atoms with E-state index in [2.05, 4.69) is 6.92 Å². The molecule has 7 nitrogen and oxygen atoms in total. The van der Waals surface area contributed by atoms with Crippen molar-refractivity contribution in [2.75, 3.05) is 13.7 Å². The van der Waals surface area contributed by atoms with Crippen molar-refractivity contribution in [3.05, 3.63) is 0 Å². The van der Waals surface area contributed by atoms with E-state index in [4.69, 9.17) is 19.3 Å². The maximum atomic E-state index is 12.0. The van der Waals surface area contributed by atoms with Crippen LogP contribution in [0.1, 0.15) is 71.1 Å². The Morgan fingerprint density at radius 1 is 0.962 bits per heavy atom. The Morgan fingerprint density at radius 2 is 1.54 bits per heavy atom. The van der Waals surface area contributed by atoms with Gasteiger partial charge in [0.05, 0.1) is 6.61 Å². The van der Waals surface area contributed by atoms with Gasteiger partial charge in [-0.3, -0.25) is 4.79 Å². The fraction of sp³-hybridized carbons (Fsp3) is 0.947. The van der Waals surface area contributed by atoms with Crippen LogP contribution in [0, 0.1) is 0 Å². The number of methoxy groups -OCH3 is 1. The lowest BCUT2D eigenvalue weighted by atomic mass is 9.99. The highest BCUT2D eigenvalue weighted by molar-refractivity contribution is 5.69. The first-order valence-corrected chi connectivity index (χ1v) is 9.89. The number of rotatable bonds is 13. The zero-order valence-corrected chi connectivity index (χ0v) is 16.1. The van der Waals surface area contributed by atoms with Gasteiger partial charge in [0.15, 0.2) is 12.4 Å². The standard InChI is InChI=1S/C19H36O7/c1-3-4-5-6-7-8-9-10-11-12-15(21)26-18-17(23)16(22)14(13-20)25-19(18)24-2/h14,16-20,22-23H,3-13H2,1-2H3/t14-,16-,17+,18-,19+/m1/s1. The molecular weight excluding hydrogens is 340 g/mol. The van der Waals surface area contributed by atoms with E-state index in [-0.39, 0.29) is 6.42 Å². The number of aliphatic hydroxyl groups excluding tert-OH is 3. The van der Waals surface area contributed by atoms with Gasteiger partial charge in [-0.2, -0.15) is 0 Å². The summed E-state index contributed by atoms with van der Waals surface area (Å²) >= 11 is 0. The van der Waals surface area contributed by atoms with E-state index in [9.17, 15) is 15.0 Å². The number of carbonyl (C=O) groups is 1. The molecule has 0 unspecified atom stereocenters. The predicted octanol–water partition coefficient (Wildman–Crippen LogP) is 1.90. The van der Waals surface area contributed by atoms with Gasteiger partial charge < -0.3 is 29.5 Å². The summed E-state index contributed by atoms with van der Waals surface area (Å²) in [6.45, 7) is 1.75. The second-order valence-corrected chi connectivity index (χ2v) is 6.98. The van der Waals surface area contributed by atoms with E-state index >= 15 is 0 Å². The van der Waals surface area contributed by atoms with Crippen LogP contribution in [0.3, 0.4) is 0 Å². The quantitative estimate of drug-likeness (QED) is 0.333. The number of aliphatic hydroxyl groups is 3. The lowest BCUT2D eigenvalue weighted by Crippen LogP contribution is -2.60. The van der Waals surface area contributed by atoms with E-state index in [0.717, 1.165) is 19.3 Å². The molecule has 1 aliphatic heterocycles. The van der Waals surface area contributed by atoms with Crippen molar-refractivity contribution in [3.8, 4) is 0 Å². The topological polar surface area (TPSA) is 105 Å². The van der Waals surface area contributed by atoms with Crippen LogP contribution in [0.4, 0.5) is 0 Å². The Kier molecular flexibility index (Phi) is 12.0. The largest absolute Gasteiger partial charge is 0.454 e. The Morgan fingerprint density at radius 3 is 2.08 bits per heavy atom. The molecule has 5 atom stereocenters. The van der Waals surface area contributed by atoms with Crippen LogP contribution in [0.2, 0.25) is 0 Å². The van der Waals surface area contributed by atoms with Gasteiger partial charge in [-0.25, -0.2) is 0 Å². The molecule has 1 rings (SSSR count). The minimum Gasteiger partial charge on any atom is -0.454 e. The fourth-order valence-electron chi connectivity index (χ4n) is 3.16. The zero-order chi connectivity index (χ0) is 19.4. The van der Waals surface area contributed by atoms with Crippen LogP contribution in [0.25, 0.3) is 0 Å². The normalized spacial score (nSPS) is 28.9. The molecule has 0 radical (unpaired) electrons. The van der Waals surface area contributed by atoms with E-state index in [1.165, 1.54) is 45.6 Å². The molecule has 1 saturated heterocycles. The third-order valence-electron chi connectivity index (χ3n) is 4.81. The molecule has 1 aliphatic rings. The Labute approximate surface area is 156 Å². The van der Waals surface area contributed by atoms with Crippen molar-refractivity contribution < 1.29 is 34.3 Å². The Balaban J connectivity index is 2.23. The van der Waals surface area contributed by atoms with E-state index in [0.29, 0.717) is 0 Å². The van der Waals surface area contributed by atoms with Gasteiger partial charge in [-0.1, -0.05) is 58.3 Å². The summed E-state index contributed by atoms with van der Waals surface area (Å²) in [5, 5.41) is 29.2. The second kappa shape index (κ2) is 13.4. The molecule has 1 heterocycles. The van der Waals surface area contributed by atoms with Gasteiger partial charge in [0, 0.05) is 13.5 Å². The summed E-state index contributed by atoms with van der Waals surface area (Å²) in [6.07, 6.45) is 4.85. The molecule has 0 saturated carbocycles. The van der Waals surface area contributed by atoms with Gasteiger partial charge >= 0.3 is 5.97 Å². The highest BCUT2D eigenvalue weighted by Gasteiger charge is 2.46. The third-order valence-corrected chi connectivity index (χ3v) is 4.81. The van der Waals surface area contributed by atoms with E-state index < -0.39 is 43.3 Å². The van der Waals surface area contributed by atoms with Crippen LogP contribution in [0.15, 0.2) is 0 Å². The summed E-state index contributed by atoms with van der Waals surface area (Å²) in [5.41, 5.74) is 0. The van der Waals surface area contributed by atoms with Crippen molar-refractivity contribution in [3.63, 3.8) is 0 Å². The maximum absolute atomic E-state index is 12.0. The van der Waals surface area contributed by atoms with Crippen LogP contribution < -0.4 is 0 Å². The number of hydrogen-bond acceptors (Lipinski definition) is 7. The number of esters is 1. The predicted molar refractivity (Wildman–Crippen MR) is 96.5 cm³/mol. The summed E-state index contributed by atoms with van der Waals surface area (Å²) in [6, 6.07) is 0. The van der Waals surface area contributed by atoms with Crippen LogP contribution >= 0.6 is 0 Å². The van der Waals surface area contributed by atoms with Crippen molar-refractivity contribution in [2.45, 2.75) is 102 Å². The molecule has 0 aromatic rings. The molecule has 0 amide bonds. The average molecular weight is 376 g/mol. The van der Waals surface area contributed by atoms with E-state index in [1.54, 1.807) is 0 Å². The minimum absolute atomic E-state index is 0.259. The Bertz CT molecular complexity index is 375. The number of unbranched alkanes of at least 4 members (excludes halogenated alkanes) is 8. The molecule has 0 aliphatic carbocycles. The van der Waals surface area contributed by atoms with Gasteiger partial charge in [-0.15, -0.1) is 0 Å². The molecule has 0 spiro atoms. The molecule has 7 heteroatoms. The summed E-state index contributed by atoms with van der Waals surface area (Å²) < 4.78 is 15.7. The molecule has 0 aromatic heterocycles. The first kappa shape index (κ1) is 23.3. The molecule has 26 heavy (non-hydrogen) atoms. The van der Waals surface area contributed by atoms with Gasteiger partial charge in [0.2, 0.25) is 0 Å². The van der Waals surface area contributed by atoms with Gasteiger partial charge in [-0.05, 0) is 6.42 Å². The lowest BCUT2D eigenvalue weighted by molar-refractivity contribution is -0.298. The SMILES string of the molecule is CCCCCCCCCCCC(=O)O[C@H]1[C@@H](OC)O[C@H](CO)[C@@H](O)[C@@H]1O. The van der Waals surface area contributed by atoms with E-state index in [1.807, 2.05) is 0 Å². The average Bonchev–Trinajstić information content (AvgIpc) is 2.64. The second-order valence-electron chi connectivity index (χ2n) is 6.98. The first-order valence-electron chi connectivity index (χ1n) is 9.89. The molecule has 154 valence electrons. The summed E-state index contributed by atoms with van der Waals surface area (Å²) in [5.74, 6) is -0.447. The zero-order valence-electron chi connectivity index (χ0n) is 16.1. The smallest absolute Gasteiger partial charge is 0.306 e. The van der Waals surface area contributed by atoms with Crippen LogP contribution in [0.5, 0.6) is 0 Å². The first-order chi connectivity index (χ1) is 12.5. The third kappa shape index (κ3) is 7.88. The summed E-state index contributed by atoms with van der Waals surface area (Å²) in [7, 11) is 1.35. The molecule has 0 aromatic carbocycles. The maximum Gasteiger partial charge on any atom is 0.306 e. The highest BCUT2D eigenvalue weighted by Crippen LogP contribution is 2.24. The Hall–Kier alpha value is -0.730. The summed E-state index contributed by atoms with van der Waals surface area (Å²) in [4.78, 5) is 12.0. The number of ether oxygens (including phenoxy) is 3.